The maximum absolute atomic E-state index is 8.56. The molecular weight excluding hydrogens is 132 g/mol. The van der Waals surface area contributed by atoms with Crippen LogP contribution in [-0.2, 0) is 13.0 Å². The molecule has 0 bridgehead atoms. The fourth-order valence-electron chi connectivity index (χ4n) is 0.752. The average molecular weight is 142 g/mol. The van der Waals surface area contributed by atoms with Crippen LogP contribution in [0.1, 0.15) is 11.5 Å². The minimum atomic E-state index is -0.0779. The number of furan rings is 1. The van der Waals surface area contributed by atoms with E-state index in [1.165, 1.54) is 0 Å². The monoisotopic (exact) mass is 142 g/mol. The van der Waals surface area contributed by atoms with Gasteiger partial charge in [-0.3, -0.25) is 0 Å². The van der Waals surface area contributed by atoms with Gasteiger partial charge < -0.3 is 14.6 Å². The first-order valence-electron chi connectivity index (χ1n) is 3.16. The Morgan fingerprint density at radius 3 is 2.40 bits per heavy atom. The first-order valence-corrected chi connectivity index (χ1v) is 3.16. The molecule has 2 N–H and O–H groups in total. The average Bonchev–Trinajstić information content (AvgIpc) is 2.37. The van der Waals surface area contributed by atoms with E-state index in [4.69, 9.17) is 14.6 Å². The predicted molar refractivity (Wildman–Crippen MR) is 35.4 cm³/mol. The highest BCUT2D eigenvalue weighted by atomic mass is 16.4. The number of hydrogen-bond acceptors (Lipinski definition) is 3. The first kappa shape index (κ1) is 7.31. The van der Waals surface area contributed by atoms with Crippen LogP contribution in [-0.4, -0.2) is 16.8 Å². The fraction of sp³-hybridized carbons (Fsp3) is 0.429. The highest BCUT2D eigenvalue weighted by Gasteiger charge is 1.98. The van der Waals surface area contributed by atoms with Gasteiger partial charge in [-0.15, -0.1) is 0 Å². The Kier molecular flexibility index (Phi) is 2.48. The van der Waals surface area contributed by atoms with Crippen molar-refractivity contribution in [1.29, 1.82) is 0 Å². The van der Waals surface area contributed by atoms with Crippen molar-refractivity contribution in [1.82, 2.24) is 0 Å². The van der Waals surface area contributed by atoms with Gasteiger partial charge in [-0.2, -0.15) is 0 Å². The van der Waals surface area contributed by atoms with E-state index < -0.39 is 0 Å². The van der Waals surface area contributed by atoms with Gasteiger partial charge in [-0.1, -0.05) is 0 Å². The Labute approximate surface area is 58.9 Å². The molecule has 1 rings (SSSR count). The Morgan fingerprint density at radius 2 is 1.90 bits per heavy atom. The zero-order valence-corrected chi connectivity index (χ0v) is 5.58. The largest absolute Gasteiger partial charge is 0.464 e. The Hall–Kier alpha value is -0.800. The maximum Gasteiger partial charge on any atom is 0.129 e. The Bertz CT molecular complexity index is 192. The van der Waals surface area contributed by atoms with Crippen LogP contribution in [0.5, 0.6) is 0 Å². The maximum atomic E-state index is 8.56. The molecule has 0 saturated carbocycles. The summed E-state index contributed by atoms with van der Waals surface area (Å²) in [5, 5.41) is 17.0. The molecule has 0 fully saturated rings. The summed E-state index contributed by atoms with van der Waals surface area (Å²) in [5.74, 6) is 1.26. The van der Waals surface area contributed by atoms with E-state index >= 15 is 0 Å². The molecule has 0 aliphatic carbocycles. The lowest BCUT2D eigenvalue weighted by atomic mass is 10.3. The molecule has 0 unspecified atom stereocenters. The van der Waals surface area contributed by atoms with Gasteiger partial charge in [0.2, 0.25) is 0 Å². The van der Waals surface area contributed by atoms with Crippen LogP contribution < -0.4 is 0 Å². The van der Waals surface area contributed by atoms with Gasteiger partial charge in [0.15, 0.2) is 0 Å². The van der Waals surface area contributed by atoms with Crippen molar-refractivity contribution in [3.63, 3.8) is 0 Å². The van der Waals surface area contributed by atoms with Gasteiger partial charge in [-0.25, -0.2) is 0 Å². The van der Waals surface area contributed by atoms with Crippen LogP contribution in [0.4, 0.5) is 0 Å². The second kappa shape index (κ2) is 3.39. The third-order valence-electron chi connectivity index (χ3n) is 1.23. The molecule has 0 saturated heterocycles. The summed E-state index contributed by atoms with van der Waals surface area (Å²) in [6.45, 7) is 0.00378. The molecule has 3 heteroatoms. The minimum Gasteiger partial charge on any atom is -0.464 e. The lowest BCUT2D eigenvalue weighted by Crippen LogP contribution is -1.86. The molecule has 0 aromatic carbocycles. The van der Waals surface area contributed by atoms with Crippen molar-refractivity contribution in [2.75, 3.05) is 6.61 Å². The molecule has 3 nitrogen and oxygen atoms in total. The summed E-state index contributed by atoms with van der Waals surface area (Å²) >= 11 is 0. The van der Waals surface area contributed by atoms with Gasteiger partial charge in [0, 0.05) is 6.42 Å². The molecule has 0 aliphatic rings. The molecule has 0 spiro atoms. The lowest BCUT2D eigenvalue weighted by Gasteiger charge is -1.89. The van der Waals surface area contributed by atoms with Crippen molar-refractivity contribution in [3.8, 4) is 0 Å². The third kappa shape index (κ3) is 1.59. The second-order valence-electron chi connectivity index (χ2n) is 2.00. The molecule has 1 aromatic heterocycles. The topological polar surface area (TPSA) is 53.6 Å². The summed E-state index contributed by atoms with van der Waals surface area (Å²) in [7, 11) is 0. The van der Waals surface area contributed by atoms with E-state index in [0.29, 0.717) is 17.9 Å². The van der Waals surface area contributed by atoms with E-state index in [9.17, 15) is 0 Å². The summed E-state index contributed by atoms with van der Waals surface area (Å²) < 4.78 is 5.06. The second-order valence-corrected chi connectivity index (χ2v) is 2.00. The SMILES string of the molecule is OCCc1ccc(CO)o1. The number of aliphatic hydroxyl groups excluding tert-OH is 2. The standard InChI is InChI=1S/C7H10O3/c8-4-3-6-1-2-7(5-9)10-6/h1-2,8-9H,3-5H2. The highest BCUT2D eigenvalue weighted by Crippen LogP contribution is 2.07. The van der Waals surface area contributed by atoms with Gasteiger partial charge in [0.25, 0.3) is 0 Å². The molecule has 0 atom stereocenters. The smallest absolute Gasteiger partial charge is 0.129 e. The van der Waals surface area contributed by atoms with Crippen molar-refractivity contribution in [2.45, 2.75) is 13.0 Å². The first-order chi connectivity index (χ1) is 4.86. The van der Waals surface area contributed by atoms with Crippen LogP contribution in [0.2, 0.25) is 0 Å². The molecular formula is C7H10O3. The number of hydrogen-bond donors (Lipinski definition) is 2. The predicted octanol–water partition coefficient (Wildman–Crippen LogP) is 0.307. The summed E-state index contributed by atoms with van der Waals surface area (Å²) in [4.78, 5) is 0. The van der Waals surface area contributed by atoms with E-state index in [1.54, 1.807) is 12.1 Å². The van der Waals surface area contributed by atoms with Crippen molar-refractivity contribution >= 4 is 0 Å². The molecule has 56 valence electrons. The zero-order valence-electron chi connectivity index (χ0n) is 5.58. The molecule has 0 aliphatic heterocycles. The van der Waals surface area contributed by atoms with Crippen LogP contribution >= 0.6 is 0 Å². The number of rotatable bonds is 3. The van der Waals surface area contributed by atoms with Gasteiger partial charge in [0.1, 0.15) is 18.1 Å². The molecule has 10 heavy (non-hydrogen) atoms. The van der Waals surface area contributed by atoms with Gasteiger partial charge in [0.05, 0.1) is 6.61 Å². The van der Waals surface area contributed by atoms with Crippen molar-refractivity contribution in [2.24, 2.45) is 0 Å². The van der Waals surface area contributed by atoms with Crippen molar-refractivity contribution in [3.05, 3.63) is 23.7 Å². The summed E-state index contributed by atoms with van der Waals surface area (Å²) in [5.41, 5.74) is 0. The van der Waals surface area contributed by atoms with Crippen LogP contribution in [0.3, 0.4) is 0 Å². The zero-order chi connectivity index (χ0) is 7.40. The molecule has 0 amide bonds. The van der Waals surface area contributed by atoms with Crippen molar-refractivity contribution < 1.29 is 14.6 Å². The Morgan fingerprint density at radius 1 is 1.20 bits per heavy atom. The Balaban J connectivity index is 2.59. The number of aliphatic hydroxyl groups is 2. The molecule has 0 radical (unpaired) electrons. The summed E-state index contributed by atoms with van der Waals surface area (Å²) in [6, 6.07) is 3.45. The fourth-order valence-corrected chi connectivity index (χ4v) is 0.752. The lowest BCUT2D eigenvalue weighted by molar-refractivity contribution is 0.237. The molecule has 1 aromatic rings. The van der Waals surface area contributed by atoms with E-state index in [1.807, 2.05) is 0 Å². The van der Waals surface area contributed by atoms with E-state index in [0.717, 1.165) is 0 Å². The normalized spacial score (nSPS) is 10.2. The molecule has 1 heterocycles. The van der Waals surface area contributed by atoms with Crippen LogP contribution in [0.25, 0.3) is 0 Å². The van der Waals surface area contributed by atoms with Crippen LogP contribution in [0, 0.1) is 0 Å². The van der Waals surface area contributed by atoms with E-state index in [-0.39, 0.29) is 13.2 Å². The van der Waals surface area contributed by atoms with Gasteiger partial charge in [-0.05, 0) is 12.1 Å². The third-order valence-corrected chi connectivity index (χ3v) is 1.23. The van der Waals surface area contributed by atoms with Gasteiger partial charge >= 0.3 is 0 Å². The minimum absolute atomic E-state index is 0.0779. The summed E-state index contributed by atoms with van der Waals surface area (Å²) in [6.07, 6.45) is 0.514. The van der Waals surface area contributed by atoms with Crippen LogP contribution in [0.15, 0.2) is 16.5 Å². The van der Waals surface area contributed by atoms with E-state index in [2.05, 4.69) is 0 Å². The quantitative estimate of drug-likeness (QED) is 0.638. The highest BCUT2D eigenvalue weighted by molar-refractivity contribution is 5.06.